The van der Waals surface area contributed by atoms with E-state index in [1.807, 2.05) is 30.5 Å². The first-order valence-corrected chi connectivity index (χ1v) is 10.2. The Hall–Kier alpha value is -2.87. The molecule has 2 amide bonds. The molecule has 4 rings (SSSR count). The van der Waals surface area contributed by atoms with Crippen LogP contribution >= 0.6 is 11.8 Å². The number of aromatic nitrogens is 2. The topological polar surface area (TPSA) is 71.3 Å². The summed E-state index contributed by atoms with van der Waals surface area (Å²) in [7, 11) is 0. The van der Waals surface area contributed by atoms with E-state index in [9.17, 15) is 9.18 Å². The molecular formula is C20H19FN4O2S. The molecule has 144 valence electrons. The molecule has 1 aliphatic heterocycles. The highest BCUT2D eigenvalue weighted by Gasteiger charge is 2.34. The van der Waals surface area contributed by atoms with Crippen LogP contribution in [0.3, 0.4) is 0 Å². The van der Waals surface area contributed by atoms with Crippen LogP contribution in [0.2, 0.25) is 0 Å². The first-order chi connectivity index (χ1) is 13.6. The van der Waals surface area contributed by atoms with Gasteiger partial charge in [-0.1, -0.05) is 11.2 Å². The fourth-order valence-corrected chi connectivity index (χ4v) is 3.71. The van der Waals surface area contributed by atoms with Crippen molar-refractivity contribution in [2.75, 3.05) is 18.1 Å². The number of halogens is 1. The normalized spacial score (nSPS) is 16.4. The molecule has 8 heteroatoms. The summed E-state index contributed by atoms with van der Waals surface area (Å²) in [4.78, 5) is 20.0. The number of nitrogens with one attached hydrogen (secondary N) is 1. The maximum absolute atomic E-state index is 13.1. The van der Waals surface area contributed by atoms with Crippen molar-refractivity contribution in [1.82, 2.24) is 15.0 Å². The van der Waals surface area contributed by atoms with Gasteiger partial charge in [-0.25, -0.2) is 9.18 Å². The lowest BCUT2D eigenvalue weighted by Gasteiger charge is -2.22. The lowest BCUT2D eigenvalue weighted by Crippen LogP contribution is -2.34. The van der Waals surface area contributed by atoms with Gasteiger partial charge in [-0.3, -0.25) is 0 Å². The van der Waals surface area contributed by atoms with Crippen molar-refractivity contribution >= 4 is 23.5 Å². The fourth-order valence-electron chi connectivity index (χ4n) is 3.25. The van der Waals surface area contributed by atoms with Crippen LogP contribution in [0, 0.1) is 5.82 Å². The number of carbonyl (C=O) groups is 1. The largest absolute Gasteiger partial charge is 0.337 e. The van der Waals surface area contributed by atoms with Crippen molar-refractivity contribution in [1.29, 1.82) is 0 Å². The number of hydrogen-bond donors (Lipinski definition) is 1. The van der Waals surface area contributed by atoms with E-state index in [1.165, 1.54) is 12.1 Å². The van der Waals surface area contributed by atoms with Crippen molar-refractivity contribution in [2.45, 2.75) is 23.8 Å². The van der Waals surface area contributed by atoms with E-state index < -0.39 is 0 Å². The zero-order valence-corrected chi connectivity index (χ0v) is 16.1. The lowest BCUT2D eigenvalue weighted by molar-refractivity contribution is 0.193. The molecule has 0 spiro atoms. The Labute approximate surface area is 166 Å². The molecule has 2 aromatic carbocycles. The Morgan fingerprint density at radius 3 is 2.89 bits per heavy atom. The molecule has 0 unspecified atom stereocenters. The van der Waals surface area contributed by atoms with Crippen LogP contribution in [0.15, 0.2) is 57.9 Å². The smallest absolute Gasteiger partial charge is 0.322 e. The van der Waals surface area contributed by atoms with E-state index >= 15 is 0 Å². The standard InChI is InChI=1S/C20H19FN4O2S/c1-28-16-5-2-4-15(12-16)22-20(26)25-11-3-6-17(25)19-23-18(24-27-19)13-7-9-14(21)10-8-13/h2,4-5,7-10,12,17H,3,6,11H2,1H3,(H,22,26)/t17-/m1/s1. The molecule has 0 bridgehead atoms. The summed E-state index contributed by atoms with van der Waals surface area (Å²) in [5.41, 5.74) is 1.42. The second-order valence-corrected chi connectivity index (χ2v) is 7.36. The predicted molar refractivity (Wildman–Crippen MR) is 106 cm³/mol. The number of urea groups is 1. The summed E-state index contributed by atoms with van der Waals surface area (Å²) >= 11 is 1.62. The number of thioether (sulfide) groups is 1. The van der Waals surface area contributed by atoms with Crippen LogP contribution in [-0.2, 0) is 0 Å². The first kappa shape index (κ1) is 18.5. The summed E-state index contributed by atoms with van der Waals surface area (Å²) in [6.45, 7) is 0.618. The number of amides is 2. The Morgan fingerprint density at radius 1 is 1.29 bits per heavy atom. The minimum Gasteiger partial charge on any atom is -0.337 e. The fraction of sp³-hybridized carbons (Fsp3) is 0.250. The minimum atomic E-state index is -0.323. The van der Waals surface area contributed by atoms with Gasteiger partial charge in [0, 0.05) is 22.7 Å². The van der Waals surface area contributed by atoms with E-state index in [0.29, 0.717) is 23.8 Å². The summed E-state index contributed by atoms with van der Waals surface area (Å²) < 4.78 is 18.5. The maximum atomic E-state index is 13.1. The van der Waals surface area contributed by atoms with Gasteiger partial charge in [0.05, 0.1) is 0 Å². The Kier molecular flexibility index (Phi) is 5.29. The van der Waals surface area contributed by atoms with Crippen LogP contribution in [-0.4, -0.2) is 33.9 Å². The van der Waals surface area contributed by atoms with Gasteiger partial charge in [-0.15, -0.1) is 11.8 Å². The third-order valence-electron chi connectivity index (χ3n) is 4.66. The molecule has 1 atom stereocenters. The highest BCUT2D eigenvalue weighted by molar-refractivity contribution is 7.98. The summed E-state index contributed by atoms with van der Waals surface area (Å²) in [6.07, 6.45) is 3.60. The highest BCUT2D eigenvalue weighted by Crippen LogP contribution is 2.32. The number of rotatable bonds is 4. The average Bonchev–Trinajstić information content (AvgIpc) is 3.38. The van der Waals surface area contributed by atoms with Crippen molar-refractivity contribution < 1.29 is 13.7 Å². The van der Waals surface area contributed by atoms with Gasteiger partial charge in [0.1, 0.15) is 11.9 Å². The van der Waals surface area contributed by atoms with Gasteiger partial charge < -0.3 is 14.7 Å². The van der Waals surface area contributed by atoms with Crippen molar-refractivity contribution in [3.63, 3.8) is 0 Å². The summed E-state index contributed by atoms with van der Waals surface area (Å²) in [6, 6.07) is 13.1. The van der Waals surface area contributed by atoms with Gasteiger partial charge in [-0.05, 0) is 61.6 Å². The number of anilines is 1. The van der Waals surface area contributed by atoms with Crippen LogP contribution < -0.4 is 5.32 Å². The molecule has 1 N–H and O–H groups in total. The quantitative estimate of drug-likeness (QED) is 0.629. The SMILES string of the molecule is CSc1cccc(NC(=O)N2CCC[C@@H]2c2nc(-c3ccc(F)cc3)no2)c1. The van der Waals surface area contributed by atoms with E-state index in [2.05, 4.69) is 15.5 Å². The summed E-state index contributed by atoms with van der Waals surface area (Å²) in [5.74, 6) is 0.455. The van der Waals surface area contributed by atoms with Gasteiger partial charge in [0.2, 0.25) is 11.7 Å². The Morgan fingerprint density at radius 2 is 2.11 bits per heavy atom. The Bertz CT molecular complexity index is 976. The monoisotopic (exact) mass is 398 g/mol. The van der Waals surface area contributed by atoms with Gasteiger partial charge in [0.25, 0.3) is 0 Å². The van der Waals surface area contributed by atoms with Gasteiger partial charge in [-0.2, -0.15) is 4.98 Å². The zero-order chi connectivity index (χ0) is 19.5. The minimum absolute atomic E-state index is 0.192. The van der Waals surface area contributed by atoms with Gasteiger partial charge >= 0.3 is 6.03 Å². The molecule has 1 saturated heterocycles. The molecule has 6 nitrogen and oxygen atoms in total. The predicted octanol–water partition coefficient (Wildman–Crippen LogP) is 4.97. The highest BCUT2D eigenvalue weighted by atomic mass is 32.2. The number of likely N-dealkylation sites (tertiary alicyclic amines) is 1. The zero-order valence-electron chi connectivity index (χ0n) is 15.3. The molecule has 3 aromatic rings. The van der Waals surface area contributed by atoms with Crippen LogP contribution in [0.25, 0.3) is 11.4 Å². The molecular weight excluding hydrogens is 379 g/mol. The Balaban J connectivity index is 1.50. The van der Waals surface area contributed by atoms with E-state index in [0.717, 1.165) is 23.4 Å². The number of nitrogens with zero attached hydrogens (tertiary/aromatic N) is 3. The molecule has 1 fully saturated rings. The van der Waals surface area contributed by atoms with Crippen LogP contribution in [0.5, 0.6) is 0 Å². The molecule has 1 aromatic heterocycles. The lowest BCUT2D eigenvalue weighted by atomic mass is 10.2. The first-order valence-electron chi connectivity index (χ1n) is 8.95. The average molecular weight is 398 g/mol. The molecule has 0 saturated carbocycles. The third-order valence-corrected chi connectivity index (χ3v) is 5.39. The third kappa shape index (κ3) is 3.87. The number of benzene rings is 2. The molecule has 2 heterocycles. The maximum Gasteiger partial charge on any atom is 0.322 e. The van der Waals surface area contributed by atoms with E-state index in [4.69, 9.17) is 4.52 Å². The van der Waals surface area contributed by atoms with E-state index in [1.54, 1.807) is 28.8 Å². The molecule has 1 aliphatic rings. The number of carbonyl (C=O) groups excluding carboxylic acids is 1. The molecule has 0 aliphatic carbocycles. The number of hydrogen-bond acceptors (Lipinski definition) is 5. The van der Waals surface area contributed by atoms with Gasteiger partial charge in [0.15, 0.2) is 0 Å². The second kappa shape index (κ2) is 8.02. The van der Waals surface area contributed by atoms with Crippen LogP contribution in [0.4, 0.5) is 14.9 Å². The van der Waals surface area contributed by atoms with Crippen molar-refractivity contribution in [3.8, 4) is 11.4 Å². The molecule has 28 heavy (non-hydrogen) atoms. The van der Waals surface area contributed by atoms with E-state index in [-0.39, 0.29) is 17.9 Å². The molecule has 0 radical (unpaired) electrons. The van der Waals surface area contributed by atoms with Crippen LogP contribution in [0.1, 0.15) is 24.8 Å². The second-order valence-electron chi connectivity index (χ2n) is 6.48. The summed E-state index contributed by atoms with van der Waals surface area (Å²) in [5, 5.41) is 6.94. The van der Waals surface area contributed by atoms with Crippen molar-refractivity contribution in [3.05, 3.63) is 60.2 Å². The van der Waals surface area contributed by atoms with Crippen molar-refractivity contribution in [2.24, 2.45) is 0 Å².